The maximum atomic E-state index is 5.77. The van der Waals surface area contributed by atoms with Gasteiger partial charge in [0.25, 0.3) is 0 Å². The van der Waals surface area contributed by atoms with Crippen molar-refractivity contribution >= 4 is 35.2 Å². The zero-order valence-corrected chi connectivity index (χ0v) is 11.6. The van der Waals surface area contributed by atoms with Crippen LogP contribution in [0.3, 0.4) is 0 Å². The van der Waals surface area contributed by atoms with Gasteiger partial charge in [-0.15, -0.1) is 11.3 Å². The van der Waals surface area contributed by atoms with Crippen LogP contribution in [0.4, 0.5) is 0 Å². The summed E-state index contributed by atoms with van der Waals surface area (Å²) in [5.41, 5.74) is 2.19. The van der Waals surface area contributed by atoms with Crippen molar-refractivity contribution in [2.45, 2.75) is 6.54 Å². The Balaban J connectivity index is 2.00. The van der Waals surface area contributed by atoms with Gasteiger partial charge in [0.2, 0.25) is 0 Å². The minimum absolute atomic E-state index is 0.503. The summed E-state index contributed by atoms with van der Waals surface area (Å²) in [6, 6.07) is 5.75. The zero-order chi connectivity index (χ0) is 12.5. The first-order chi connectivity index (χ1) is 8.72. The Hall–Kier alpha value is -1.30. The van der Waals surface area contributed by atoms with Gasteiger partial charge in [-0.2, -0.15) is 0 Å². The van der Waals surface area contributed by atoms with Gasteiger partial charge in [-0.05, 0) is 17.7 Å². The summed E-state index contributed by atoms with van der Waals surface area (Å²) in [4.78, 5) is 9.40. The van der Waals surface area contributed by atoms with E-state index in [2.05, 4.69) is 14.5 Å². The van der Waals surface area contributed by atoms with Gasteiger partial charge in [-0.1, -0.05) is 29.9 Å². The molecule has 90 valence electrons. The van der Waals surface area contributed by atoms with E-state index in [1.807, 2.05) is 18.3 Å². The first kappa shape index (κ1) is 11.8. The molecule has 2 aliphatic heterocycles. The summed E-state index contributed by atoms with van der Waals surface area (Å²) in [6.07, 6.45) is 5.42. The van der Waals surface area contributed by atoms with E-state index < -0.39 is 0 Å². The van der Waals surface area contributed by atoms with E-state index >= 15 is 0 Å². The Kier molecular flexibility index (Phi) is 3.11. The van der Waals surface area contributed by atoms with Crippen molar-refractivity contribution in [2.75, 3.05) is 0 Å². The average Bonchev–Trinajstić information content (AvgIpc) is 2.73. The number of rotatable bonds is 2. The summed E-state index contributed by atoms with van der Waals surface area (Å²) in [6.45, 7) is 0.708. The molecule has 3 nitrogen and oxygen atoms in total. The molecular formula is C12H8ClN3S2. The van der Waals surface area contributed by atoms with E-state index in [1.165, 1.54) is 0 Å². The predicted molar refractivity (Wildman–Crippen MR) is 75.9 cm³/mol. The summed E-state index contributed by atoms with van der Waals surface area (Å²) < 4.78 is 2.94. The molecule has 18 heavy (non-hydrogen) atoms. The van der Waals surface area contributed by atoms with Crippen molar-refractivity contribution in [1.29, 1.82) is 0 Å². The molecule has 0 radical (unpaired) electrons. The number of hydrogen-bond donors (Lipinski definition) is 0. The third kappa shape index (κ3) is 2.29. The molecule has 0 unspecified atom stereocenters. The molecular weight excluding hydrogens is 286 g/mol. The zero-order valence-electron chi connectivity index (χ0n) is 9.21. The summed E-state index contributed by atoms with van der Waals surface area (Å²) in [5.74, 6) is 0. The van der Waals surface area contributed by atoms with Crippen LogP contribution in [-0.2, 0) is 6.54 Å². The lowest BCUT2D eigenvalue weighted by molar-refractivity contribution is 0.774. The first-order valence-corrected chi connectivity index (χ1v) is 6.87. The van der Waals surface area contributed by atoms with Gasteiger partial charge in [0.05, 0.1) is 27.3 Å². The fraction of sp³-hybridized carbons (Fsp3) is 0.0833. The third-order valence-electron chi connectivity index (χ3n) is 2.57. The highest BCUT2D eigenvalue weighted by molar-refractivity contribution is 7.73. The summed E-state index contributed by atoms with van der Waals surface area (Å²) in [7, 11) is 0. The van der Waals surface area contributed by atoms with Gasteiger partial charge in [0, 0.05) is 12.4 Å². The third-order valence-corrected chi connectivity index (χ3v) is 4.01. The molecule has 0 N–H and O–H groups in total. The molecule has 2 aliphatic rings. The Morgan fingerprint density at radius 3 is 3.00 bits per heavy atom. The van der Waals surface area contributed by atoms with Crippen LogP contribution >= 0.6 is 35.2 Å². The Morgan fingerprint density at radius 1 is 1.33 bits per heavy atom. The monoisotopic (exact) mass is 293 g/mol. The maximum Gasteiger partial charge on any atom is 0.129 e. The van der Waals surface area contributed by atoms with E-state index in [0.717, 1.165) is 20.0 Å². The molecule has 0 spiro atoms. The molecule has 0 aliphatic carbocycles. The quantitative estimate of drug-likeness (QED) is 0.531. The van der Waals surface area contributed by atoms with Crippen LogP contribution in [0.5, 0.6) is 0 Å². The number of thiophene rings is 1. The fourth-order valence-electron chi connectivity index (χ4n) is 1.76. The number of pyridine rings is 1. The SMILES string of the molecule is S=c1cc2n(Cc3ccc(Cl)nc3)cncc-2s1. The normalized spacial score (nSPS) is 10.9. The molecule has 6 heteroatoms. The van der Waals surface area contributed by atoms with Gasteiger partial charge in [0.15, 0.2) is 0 Å². The van der Waals surface area contributed by atoms with Crippen LogP contribution in [0.1, 0.15) is 5.56 Å². The second-order valence-electron chi connectivity index (χ2n) is 3.83. The highest BCUT2D eigenvalue weighted by atomic mass is 35.5. The van der Waals surface area contributed by atoms with Crippen molar-refractivity contribution < 1.29 is 0 Å². The van der Waals surface area contributed by atoms with E-state index in [9.17, 15) is 0 Å². The molecule has 0 bridgehead atoms. The maximum absolute atomic E-state index is 5.77. The van der Waals surface area contributed by atoms with Crippen LogP contribution < -0.4 is 0 Å². The minimum atomic E-state index is 0.503. The van der Waals surface area contributed by atoms with Crippen molar-refractivity contribution in [3.05, 3.63) is 51.5 Å². The van der Waals surface area contributed by atoms with Crippen LogP contribution in [0.15, 0.2) is 36.9 Å². The minimum Gasteiger partial charge on any atom is -0.327 e. The number of fused-ring (bicyclic) bond motifs is 1. The lowest BCUT2D eigenvalue weighted by Gasteiger charge is -2.10. The summed E-state index contributed by atoms with van der Waals surface area (Å²) in [5, 5.41) is 0.503. The smallest absolute Gasteiger partial charge is 0.129 e. The Labute approximate surface area is 118 Å². The highest BCUT2D eigenvalue weighted by Gasteiger charge is 2.09. The number of halogens is 1. The number of hydrogen-bond acceptors (Lipinski definition) is 4. The molecule has 0 fully saturated rings. The molecule has 0 aromatic carbocycles. The van der Waals surface area contributed by atoms with Crippen LogP contribution in [0.25, 0.3) is 10.6 Å². The molecule has 0 amide bonds. The second-order valence-corrected chi connectivity index (χ2v) is 5.99. The van der Waals surface area contributed by atoms with Gasteiger partial charge in [0.1, 0.15) is 5.15 Å². The molecule has 0 saturated heterocycles. The molecule has 0 saturated carbocycles. The Bertz CT molecular complexity index is 702. The average molecular weight is 294 g/mol. The standard InChI is InChI=1S/C12H8ClN3S2/c13-11-2-1-8(4-15-11)6-16-7-14-5-10-9(16)3-12(17)18-10/h1-5,7H,6H2. The van der Waals surface area contributed by atoms with Crippen LogP contribution in [-0.4, -0.2) is 14.5 Å². The summed E-state index contributed by atoms with van der Waals surface area (Å²) >= 11 is 12.5. The van der Waals surface area contributed by atoms with Gasteiger partial charge < -0.3 is 4.57 Å². The molecule has 1 aromatic rings. The van der Waals surface area contributed by atoms with Gasteiger partial charge in [-0.3, -0.25) is 0 Å². The van der Waals surface area contributed by atoms with E-state index in [-0.39, 0.29) is 0 Å². The van der Waals surface area contributed by atoms with E-state index in [4.69, 9.17) is 23.8 Å². The van der Waals surface area contributed by atoms with Gasteiger partial charge in [-0.25, -0.2) is 9.97 Å². The van der Waals surface area contributed by atoms with Gasteiger partial charge >= 0.3 is 0 Å². The van der Waals surface area contributed by atoms with E-state index in [0.29, 0.717) is 11.7 Å². The molecule has 3 rings (SSSR count). The highest BCUT2D eigenvalue weighted by Crippen LogP contribution is 2.28. The van der Waals surface area contributed by atoms with Crippen LogP contribution in [0, 0.1) is 3.82 Å². The van der Waals surface area contributed by atoms with E-state index in [1.54, 1.807) is 29.9 Å². The van der Waals surface area contributed by atoms with Crippen molar-refractivity contribution in [3.63, 3.8) is 0 Å². The topological polar surface area (TPSA) is 30.7 Å². The lowest BCUT2D eigenvalue weighted by atomic mass is 10.2. The second kappa shape index (κ2) is 4.76. The lowest BCUT2D eigenvalue weighted by Crippen LogP contribution is -2.04. The number of aromatic nitrogens is 3. The Morgan fingerprint density at radius 2 is 2.22 bits per heavy atom. The largest absolute Gasteiger partial charge is 0.327 e. The van der Waals surface area contributed by atoms with Crippen molar-refractivity contribution in [1.82, 2.24) is 14.5 Å². The van der Waals surface area contributed by atoms with Crippen LogP contribution in [0.2, 0.25) is 5.15 Å². The van der Waals surface area contributed by atoms with Crippen molar-refractivity contribution in [2.24, 2.45) is 0 Å². The van der Waals surface area contributed by atoms with Crippen molar-refractivity contribution in [3.8, 4) is 10.6 Å². The predicted octanol–water partition coefficient (Wildman–Crippen LogP) is 3.88. The first-order valence-electron chi connectivity index (χ1n) is 5.27. The molecule has 1 aromatic heterocycles. The number of nitrogens with zero attached hydrogens (tertiary/aromatic N) is 3. The molecule has 0 atom stereocenters. The fourth-order valence-corrected chi connectivity index (χ4v) is 3.03. The molecule has 3 heterocycles.